The molecule has 5 rings (SSSR count). The zero-order valence-corrected chi connectivity index (χ0v) is 23.1. The highest BCUT2D eigenvalue weighted by molar-refractivity contribution is 6.03. The second-order valence-electron chi connectivity index (χ2n) is 9.89. The number of ether oxygens (including phenoxy) is 1. The summed E-state index contributed by atoms with van der Waals surface area (Å²) in [5, 5.41) is 8.44. The molecule has 1 unspecified atom stereocenters. The summed E-state index contributed by atoms with van der Waals surface area (Å²) >= 11 is 0. The maximum Gasteiger partial charge on any atom is 0.264 e. The van der Waals surface area contributed by atoms with E-state index in [1.54, 1.807) is 11.6 Å². The summed E-state index contributed by atoms with van der Waals surface area (Å²) in [6.07, 6.45) is 4.74. The summed E-state index contributed by atoms with van der Waals surface area (Å²) in [6.45, 7) is 6.86. The van der Waals surface area contributed by atoms with Crippen molar-refractivity contribution in [1.29, 1.82) is 0 Å². The first-order valence-corrected chi connectivity index (χ1v) is 13.5. The fraction of sp³-hybridized carbons (Fsp3) is 0.250. The van der Waals surface area contributed by atoms with Crippen molar-refractivity contribution in [2.24, 2.45) is 18.0 Å². The van der Waals surface area contributed by atoms with E-state index in [0.29, 0.717) is 41.4 Å². The zero-order chi connectivity index (χ0) is 28.9. The van der Waals surface area contributed by atoms with Gasteiger partial charge in [0.2, 0.25) is 0 Å². The molecule has 3 N–H and O–H groups in total. The van der Waals surface area contributed by atoms with Gasteiger partial charge in [-0.05, 0) is 49.4 Å². The number of pyridine rings is 1. The van der Waals surface area contributed by atoms with Crippen LogP contribution in [0, 0.1) is 17.8 Å². The number of para-hydroxylation sites is 1. The number of anilines is 1. The number of aryl methyl sites for hydroxylation is 1. The molecule has 0 aliphatic carbocycles. The van der Waals surface area contributed by atoms with Crippen LogP contribution in [-0.4, -0.2) is 39.7 Å². The largest absolute Gasteiger partial charge is 0.381 e. The van der Waals surface area contributed by atoms with Crippen LogP contribution in [0.15, 0.2) is 77.0 Å². The van der Waals surface area contributed by atoms with Crippen molar-refractivity contribution >= 4 is 34.5 Å². The van der Waals surface area contributed by atoms with Gasteiger partial charge in [-0.1, -0.05) is 54.8 Å². The van der Waals surface area contributed by atoms with Gasteiger partial charge in [-0.3, -0.25) is 14.2 Å². The molecule has 41 heavy (non-hydrogen) atoms. The third-order valence-electron chi connectivity index (χ3n) is 7.09. The number of nitrogen functional groups attached to an aromatic ring is 1. The number of carbonyl (C=O) groups excluding carboxylic acids is 1. The average Bonchev–Trinajstić information content (AvgIpc) is 3.27. The van der Waals surface area contributed by atoms with Gasteiger partial charge >= 0.3 is 0 Å². The lowest BCUT2D eigenvalue weighted by atomic mass is 9.99. The minimum Gasteiger partial charge on any atom is -0.381 e. The number of carbonyl (C=O) groups is 1. The van der Waals surface area contributed by atoms with E-state index in [2.05, 4.69) is 33.8 Å². The number of allylic oxidation sites excluding steroid dienone is 1. The Labute approximate surface area is 238 Å². The number of nitrogens with zero attached hydrogens (tertiary/aromatic N) is 4. The van der Waals surface area contributed by atoms with E-state index >= 15 is 0 Å². The fourth-order valence-corrected chi connectivity index (χ4v) is 5.04. The lowest BCUT2D eigenvalue weighted by Crippen LogP contribution is -2.32. The van der Waals surface area contributed by atoms with Crippen molar-refractivity contribution in [3.05, 3.63) is 94.4 Å². The van der Waals surface area contributed by atoms with Crippen molar-refractivity contribution in [3.8, 4) is 17.5 Å². The number of aromatic nitrogens is 3. The van der Waals surface area contributed by atoms with E-state index in [1.807, 2.05) is 61.5 Å². The normalized spacial score (nSPS) is 14.5. The van der Waals surface area contributed by atoms with Gasteiger partial charge in [-0.15, -0.1) is 0 Å². The Hall–Kier alpha value is -4.94. The van der Waals surface area contributed by atoms with Crippen LogP contribution in [-0.2, 0) is 11.8 Å². The number of amides is 1. The molecule has 208 valence electrons. The van der Waals surface area contributed by atoms with Gasteiger partial charge in [0, 0.05) is 49.3 Å². The Kier molecular flexibility index (Phi) is 8.13. The molecule has 1 saturated heterocycles. The molecule has 0 radical (unpaired) electrons. The molecule has 1 aliphatic rings. The lowest BCUT2D eigenvalue weighted by molar-refractivity contribution is 0.0807. The summed E-state index contributed by atoms with van der Waals surface area (Å²) in [5.41, 5.74) is 7.99. The van der Waals surface area contributed by atoms with E-state index in [-0.39, 0.29) is 22.9 Å². The van der Waals surface area contributed by atoms with Crippen LogP contribution in [0.5, 0.6) is 0 Å². The molecule has 0 saturated carbocycles. The van der Waals surface area contributed by atoms with E-state index in [1.165, 1.54) is 17.0 Å². The van der Waals surface area contributed by atoms with Crippen LogP contribution in [0.1, 0.15) is 47.4 Å². The first kappa shape index (κ1) is 27.6. The van der Waals surface area contributed by atoms with Crippen LogP contribution in [0.4, 0.5) is 11.6 Å². The predicted octanol–water partition coefficient (Wildman–Crippen LogP) is 4.46. The van der Waals surface area contributed by atoms with Crippen LogP contribution < -0.4 is 16.6 Å². The molecule has 2 aromatic heterocycles. The molecule has 9 heteroatoms. The molecular formula is C32H32N6O3. The van der Waals surface area contributed by atoms with E-state index in [9.17, 15) is 9.59 Å². The minimum atomic E-state index is -0.576. The van der Waals surface area contributed by atoms with Crippen LogP contribution in [0.2, 0.25) is 0 Å². The van der Waals surface area contributed by atoms with E-state index in [4.69, 9.17) is 10.5 Å². The molecule has 0 bridgehead atoms. The highest BCUT2D eigenvalue weighted by Gasteiger charge is 2.25. The second-order valence-corrected chi connectivity index (χ2v) is 9.89. The van der Waals surface area contributed by atoms with E-state index in [0.717, 1.165) is 18.2 Å². The third-order valence-corrected chi connectivity index (χ3v) is 7.09. The average molecular weight is 549 g/mol. The Morgan fingerprint density at radius 1 is 1.22 bits per heavy atom. The second kappa shape index (κ2) is 12.1. The Balaban J connectivity index is 1.60. The number of benzene rings is 2. The molecule has 1 fully saturated rings. The topological polar surface area (TPSA) is 117 Å². The highest BCUT2D eigenvalue weighted by atomic mass is 16.5. The molecule has 4 aromatic rings. The quantitative estimate of drug-likeness (QED) is 0.273. The Morgan fingerprint density at radius 2 is 1.98 bits per heavy atom. The smallest absolute Gasteiger partial charge is 0.264 e. The summed E-state index contributed by atoms with van der Waals surface area (Å²) in [7, 11) is 1.66. The molecule has 3 heterocycles. The molecule has 9 nitrogen and oxygen atoms in total. The molecule has 2 aromatic carbocycles. The van der Waals surface area contributed by atoms with Gasteiger partial charge in [-0.2, -0.15) is 5.10 Å². The lowest BCUT2D eigenvalue weighted by Gasteiger charge is -2.21. The highest BCUT2D eigenvalue weighted by Crippen LogP contribution is 2.27. The first-order chi connectivity index (χ1) is 19.9. The van der Waals surface area contributed by atoms with Crippen molar-refractivity contribution < 1.29 is 9.53 Å². The molecule has 1 aliphatic heterocycles. The van der Waals surface area contributed by atoms with Crippen molar-refractivity contribution in [2.45, 2.75) is 25.8 Å². The maximum absolute atomic E-state index is 14.2. The van der Waals surface area contributed by atoms with Crippen molar-refractivity contribution in [2.75, 3.05) is 18.9 Å². The summed E-state index contributed by atoms with van der Waals surface area (Å²) in [5.74, 6) is 6.78. The summed E-state index contributed by atoms with van der Waals surface area (Å²) in [6, 6.07) is 16.4. The van der Waals surface area contributed by atoms with Crippen LogP contribution in [0.3, 0.4) is 0 Å². The number of fused-ring (bicyclic) bond motifs is 1. The number of nitrogens with two attached hydrogens (primary N) is 1. The number of nitrogens with one attached hydrogen (secondary N) is 1. The Morgan fingerprint density at radius 3 is 2.71 bits per heavy atom. The van der Waals surface area contributed by atoms with Gasteiger partial charge in [-0.25, -0.2) is 9.67 Å². The first-order valence-electron chi connectivity index (χ1n) is 13.5. The van der Waals surface area contributed by atoms with Crippen LogP contribution >= 0.6 is 0 Å². The van der Waals surface area contributed by atoms with E-state index < -0.39 is 11.9 Å². The summed E-state index contributed by atoms with van der Waals surface area (Å²) < 4.78 is 8.53. The number of hydrogen-bond donors (Lipinski definition) is 2. The third kappa shape index (κ3) is 5.69. The van der Waals surface area contributed by atoms with Gasteiger partial charge in [0.05, 0.1) is 11.4 Å². The summed E-state index contributed by atoms with van der Waals surface area (Å²) in [4.78, 5) is 32.0. The minimum absolute atomic E-state index is 0.0557. The monoisotopic (exact) mass is 548 g/mol. The molecular weight excluding hydrogens is 516 g/mol. The zero-order valence-electron chi connectivity index (χ0n) is 23.1. The van der Waals surface area contributed by atoms with Crippen molar-refractivity contribution in [3.63, 3.8) is 0 Å². The fourth-order valence-electron chi connectivity index (χ4n) is 5.04. The number of hydrogen-bond acceptors (Lipinski definition) is 6. The predicted molar refractivity (Wildman–Crippen MR) is 162 cm³/mol. The van der Waals surface area contributed by atoms with Gasteiger partial charge < -0.3 is 15.8 Å². The molecule has 0 spiro atoms. The molecule has 1 atom stereocenters. The van der Waals surface area contributed by atoms with Gasteiger partial charge in [0.15, 0.2) is 11.6 Å². The number of rotatable bonds is 6. The maximum atomic E-state index is 14.2. The van der Waals surface area contributed by atoms with Crippen LogP contribution in [0.25, 0.3) is 16.5 Å². The standard InChI is InChI=1S/C32H32N6O3/c1-4-17-34-30-28(29(33)36-37(30)3)31(39)35-21(2)26-20-24-10-8-9-23(14-13-22-15-18-41-19-16-22)27(24)32(40)38(26)25-11-6-5-7-12-25/h4-12,17,20-22H,1,15-16,18-19H2,2-3H3,(H2,33,36)(H,35,39)/b34-17-. The molecule has 1 amide bonds. The van der Waals surface area contributed by atoms with Gasteiger partial charge in [0.25, 0.3) is 11.5 Å². The number of aliphatic imine (C=N–C) groups is 1. The van der Waals surface area contributed by atoms with Gasteiger partial charge in [0.1, 0.15) is 5.56 Å². The van der Waals surface area contributed by atoms with Crippen molar-refractivity contribution in [1.82, 2.24) is 19.7 Å². The Bertz CT molecular complexity index is 1750. The SMILES string of the molecule is C=C/C=N\c1c(C(=O)NC(C)c2cc3cccc(C#CC4CCOCC4)c3c(=O)n2-c2ccccc2)c(N)nn1C.